The molecule has 0 aliphatic carbocycles. The molecule has 0 aliphatic heterocycles. The van der Waals surface area contributed by atoms with Crippen molar-refractivity contribution in [2.24, 2.45) is 0 Å². The first-order chi connectivity index (χ1) is 18.2. The van der Waals surface area contributed by atoms with Gasteiger partial charge in [-0.1, -0.05) is 51.1 Å². The van der Waals surface area contributed by atoms with Crippen LogP contribution >= 0.6 is 0 Å². The van der Waals surface area contributed by atoms with E-state index >= 15 is 0 Å². The summed E-state index contributed by atoms with van der Waals surface area (Å²) in [4.78, 5) is 34.3. The molecule has 0 fully saturated rings. The number of nitrogens with one attached hydrogen (secondary N) is 3. The van der Waals surface area contributed by atoms with Crippen LogP contribution in [0, 0.1) is 6.92 Å². The van der Waals surface area contributed by atoms with E-state index in [0.717, 1.165) is 33.8 Å². The van der Waals surface area contributed by atoms with Crippen molar-refractivity contribution in [2.75, 3.05) is 17.2 Å². The molecule has 0 bridgehead atoms. The van der Waals surface area contributed by atoms with Crippen LogP contribution in [0.2, 0.25) is 0 Å². The summed E-state index contributed by atoms with van der Waals surface area (Å²) in [5.41, 5.74) is 6.12. The molecule has 0 radical (unpaired) electrons. The monoisotopic (exact) mass is 507 g/mol. The van der Waals surface area contributed by atoms with Crippen LogP contribution in [0.4, 0.5) is 17.3 Å². The second kappa shape index (κ2) is 11.3. The molecule has 194 valence electrons. The summed E-state index contributed by atoms with van der Waals surface area (Å²) in [7, 11) is 0. The number of hydrogen-bond donors (Lipinski definition) is 3. The lowest BCUT2D eigenvalue weighted by Gasteiger charge is -2.22. The highest BCUT2D eigenvalue weighted by Crippen LogP contribution is 2.30. The predicted octanol–water partition coefficient (Wildman–Crippen LogP) is 6.50. The largest absolute Gasteiger partial charge is 0.352 e. The Kier molecular flexibility index (Phi) is 7.86. The maximum Gasteiger partial charge on any atom is 0.255 e. The second-order valence-corrected chi connectivity index (χ2v) is 10.1. The third-order valence-corrected chi connectivity index (χ3v) is 6.23. The van der Waals surface area contributed by atoms with Crippen molar-refractivity contribution in [3.63, 3.8) is 0 Å². The predicted molar refractivity (Wildman–Crippen MR) is 153 cm³/mol. The molecule has 0 saturated heterocycles. The fourth-order valence-electron chi connectivity index (χ4n) is 4.24. The highest BCUT2D eigenvalue weighted by Gasteiger charge is 2.22. The lowest BCUT2D eigenvalue weighted by atomic mass is 9.83. The van der Waals surface area contributed by atoms with E-state index in [9.17, 15) is 9.59 Å². The second-order valence-electron chi connectivity index (χ2n) is 10.1. The third kappa shape index (κ3) is 6.06. The normalized spacial score (nSPS) is 11.1. The molecule has 0 atom stereocenters. The Morgan fingerprint density at radius 1 is 0.868 bits per heavy atom. The van der Waals surface area contributed by atoms with E-state index in [1.165, 1.54) is 0 Å². The van der Waals surface area contributed by atoms with Gasteiger partial charge in [0.1, 0.15) is 0 Å². The fraction of sp³-hybridized carbons (Fsp3) is 0.226. The molecule has 4 rings (SSSR count). The maximum absolute atomic E-state index is 13.3. The molecule has 1 heterocycles. The number of aromatic nitrogens is 2. The van der Waals surface area contributed by atoms with Crippen LogP contribution in [0.1, 0.15) is 59.5 Å². The van der Waals surface area contributed by atoms with Crippen LogP contribution in [0.5, 0.6) is 0 Å². The summed E-state index contributed by atoms with van der Waals surface area (Å²) in [6, 6.07) is 22.5. The van der Waals surface area contributed by atoms with Crippen LogP contribution in [0.3, 0.4) is 0 Å². The zero-order valence-corrected chi connectivity index (χ0v) is 22.4. The Morgan fingerprint density at radius 3 is 2.32 bits per heavy atom. The van der Waals surface area contributed by atoms with Crippen molar-refractivity contribution in [1.29, 1.82) is 0 Å². The van der Waals surface area contributed by atoms with Gasteiger partial charge in [-0.15, -0.1) is 0 Å². The Morgan fingerprint density at radius 2 is 1.61 bits per heavy atom. The van der Waals surface area contributed by atoms with Gasteiger partial charge in [0.15, 0.2) is 0 Å². The summed E-state index contributed by atoms with van der Waals surface area (Å²) in [5.74, 6) is 0.180. The van der Waals surface area contributed by atoms with E-state index in [0.29, 0.717) is 23.6 Å². The number of amides is 2. The fourth-order valence-corrected chi connectivity index (χ4v) is 4.24. The molecule has 7 heteroatoms. The first-order valence-corrected chi connectivity index (χ1v) is 12.7. The molecular formula is C31H33N5O2. The van der Waals surface area contributed by atoms with Gasteiger partial charge in [0.2, 0.25) is 5.95 Å². The minimum atomic E-state index is -0.155. The van der Waals surface area contributed by atoms with Gasteiger partial charge in [0, 0.05) is 40.8 Å². The van der Waals surface area contributed by atoms with Crippen LogP contribution < -0.4 is 16.0 Å². The van der Waals surface area contributed by atoms with Crippen molar-refractivity contribution in [2.45, 2.75) is 40.0 Å². The van der Waals surface area contributed by atoms with Crippen molar-refractivity contribution in [3.8, 4) is 11.3 Å². The molecule has 0 unspecified atom stereocenters. The Balaban J connectivity index is 1.55. The van der Waals surface area contributed by atoms with Gasteiger partial charge in [0.25, 0.3) is 11.8 Å². The van der Waals surface area contributed by atoms with E-state index in [1.54, 1.807) is 18.3 Å². The average molecular weight is 508 g/mol. The molecule has 4 aromatic rings. The van der Waals surface area contributed by atoms with Crippen molar-refractivity contribution >= 4 is 29.1 Å². The van der Waals surface area contributed by atoms with Gasteiger partial charge in [-0.25, -0.2) is 9.97 Å². The number of rotatable bonds is 7. The molecule has 0 saturated carbocycles. The van der Waals surface area contributed by atoms with Crippen LogP contribution in [-0.2, 0) is 5.41 Å². The van der Waals surface area contributed by atoms with Crippen molar-refractivity contribution in [3.05, 3.63) is 101 Å². The van der Waals surface area contributed by atoms with Gasteiger partial charge in [-0.2, -0.15) is 0 Å². The average Bonchev–Trinajstić information content (AvgIpc) is 2.90. The van der Waals surface area contributed by atoms with E-state index in [4.69, 9.17) is 4.98 Å². The zero-order chi connectivity index (χ0) is 27.3. The quantitative estimate of drug-likeness (QED) is 0.266. The number of carbonyl (C=O) groups excluding carboxylic acids is 2. The number of anilines is 3. The Labute approximate surface area is 223 Å². The van der Waals surface area contributed by atoms with Gasteiger partial charge >= 0.3 is 0 Å². The lowest BCUT2D eigenvalue weighted by molar-refractivity contribution is 0.0955. The molecule has 7 nitrogen and oxygen atoms in total. The molecule has 2 amide bonds. The summed E-state index contributed by atoms with van der Waals surface area (Å²) in [6.07, 6.45) is 1.69. The van der Waals surface area contributed by atoms with Gasteiger partial charge < -0.3 is 16.0 Å². The zero-order valence-electron chi connectivity index (χ0n) is 22.4. The summed E-state index contributed by atoms with van der Waals surface area (Å²) in [6.45, 7) is 10.7. The topological polar surface area (TPSA) is 96.0 Å². The van der Waals surface area contributed by atoms with E-state index < -0.39 is 0 Å². The highest BCUT2D eigenvalue weighted by molar-refractivity contribution is 6.06. The minimum absolute atomic E-state index is 0.110. The van der Waals surface area contributed by atoms with Crippen LogP contribution in [0.25, 0.3) is 11.3 Å². The van der Waals surface area contributed by atoms with Gasteiger partial charge in [0.05, 0.1) is 5.69 Å². The molecule has 0 spiro atoms. The molecule has 3 N–H and O–H groups in total. The van der Waals surface area contributed by atoms with Gasteiger partial charge in [-0.05, 0) is 72.9 Å². The maximum atomic E-state index is 13.3. The first kappa shape index (κ1) is 26.5. The smallest absolute Gasteiger partial charge is 0.255 e. The Bertz CT molecular complexity index is 1460. The van der Waals surface area contributed by atoms with Crippen LogP contribution in [0.15, 0.2) is 79.0 Å². The van der Waals surface area contributed by atoms with Crippen molar-refractivity contribution < 1.29 is 9.59 Å². The number of carbonyl (C=O) groups is 2. The Hall–Kier alpha value is -4.52. The minimum Gasteiger partial charge on any atom is -0.352 e. The first-order valence-electron chi connectivity index (χ1n) is 12.7. The van der Waals surface area contributed by atoms with E-state index in [1.807, 2.05) is 74.5 Å². The number of hydrogen-bond acceptors (Lipinski definition) is 5. The van der Waals surface area contributed by atoms with E-state index in [-0.39, 0.29) is 17.2 Å². The molecule has 1 aromatic heterocycles. The lowest BCUT2D eigenvalue weighted by Crippen LogP contribution is -2.22. The van der Waals surface area contributed by atoms with Gasteiger partial charge in [-0.3, -0.25) is 9.59 Å². The summed E-state index contributed by atoms with van der Waals surface area (Å²) >= 11 is 0. The van der Waals surface area contributed by atoms with Crippen molar-refractivity contribution in [1.82, 2.24) is 15.3 Å². The number of benzene rings is 3. The third-order valence-electron chi connectivity index (χ3n) is 6.23. The van der Waals surface area contributed by atoms with Crippen LogP contribution in [-0.4, -0.2) is 28.3 Å². The summed E-state index contributed by atoms with van der Waals surface area (Å²) < 4.78 is 0. The highest BCUT2D eigenvalue weighted by atomic mass is 16.2. The molecular weight excluding hydrogens is 474 g/mol. The summed E-state index contributed by atoms with van der Waals surface area (Å²) in [5, 5.41) is 9.08. The van der Waals surface area contributed by atoms with E-state index in [2.05, 4.69) is 41.7 Å². The molecule has 38 heavy (non-hydrogen) atoms. The molecule has 3 aromatic carbocycles. The molecule has 0 aliphatic rings. The standard InChI is InChI=1S/C31H33N5O2/c1-6-32-28(37)21-14-16-22(17-15-21)34-30-33-19-18-27(36-30)23-11-9-13-26(20(23)2)35-29(38)24-10-7-8-12-25(24)31(3,4)5/h7-19H,6H2,1-5H3,(H,32,37)(H,35,38)(H,33,34,36). The SMILES string of the molecule is CCNC(=O)c1ccc(Nc2nccc(-c3cccc(NC(=O)c4ccccc4C(C)(C)C)c3C)n2)cc1. The number of nitrogens with zero attached hydrogens (tertiary/aromatic N) is 2.